The molecule has 0 bridgehead atoms. The van der Waals surface area contributed by atoms with E-state index in [1.807, 2.05) is 16.8 Å². The zero-order chi connectivity index (χ0) is 28.0. The third kappa shape index (κ3) is 4.72. The Morgan fingerprint density at radius 2 is 1.98 bits per heavy atom. The lowest BCUT2D eigenvalue weighted by Gasteiger charge is -2.27. The largest absolute Gasteiger partial charge is 0.379 e. The van der Waals surface area contributed by atoms with Gasteiger partial charge >= 0.3 is 0 Å². The van der Waals surface area contributed by atoms with E-state index in [0.29, 0.717) is 25.4 Å². The van der Waals surface area contributed by atoms with Gasteiger partial charge in [0.2, 0.25) is 0 Å². The van der Waals surface area contributed by atoms with Crippen molar-refractivity contribution in [1.82, 2.24) is 9.78 Å². The van der Waals surface area contributed by atoms with Crippen molar-refractivity contribution in [2.45, 2.75) is 38.1 Å². The Labute approximate surface area is 229 Å². The molecule has 3 aromatic rings. The number of hydrazone groups is 1. The Kier molecular flexibility index (Phi) is 6.99. The van der Waals surface area contributed by atoms with E-state index in [-0.39, 0.29) is 23.7 Å². The average Bonchev–Trinajstić information content (AvgIpc) is 3.52. The highest BCUT2D eigenvalue weighted by molar-refractivity contribution is 6.47. The van der Waals surface area contributed by atoms with E-state index in [1.54, 1.807) is 6.20 Å². The molecule has 6 rings (SSSR count). The molecule has 210 valence electrons. The van der Waals surface area contributed by atoms with Crippen LogP contribution in [0.5, 0.6) is 0 Å². The minimum Gasteiger partial charge on any atom is -0.379 e. The number of aliphatic hydroxyl groups excluding tert-OH is 1. The predicted octanol–water partition coefficient (Wildman–Crippen LogP) is 3.14. The van der Waals surface area contributed by atoms with E-state index in [4.69, 9.17) is 15.6 Å². The normalized spacial score (nSPS) is 25.0. The number of ether oxygens (including phenoxy) is 1. The highest BCUT2D eigenvalue weighted by atomic mass is 19.1. The maximum atomic E-state index is 14.4. The van der Waals surface area contributed by atoms with Gasteiger partial charge in [-0.3, -0.25) is 9.48 Å². The molecule has 3 aliphatic rings. The van der Waals surface area contributed by atoms with Crippen LogP contribution in [0.25, 0.3) is 10.9 Å². The molecule has 2 saturated heterocycles. The van der Waals surface area contributed by atoms with Crippen molar-refractivity contribution < 1.29 is 23.4 Å². The lowest BCUT2D eigenvalue weighted by molar-refractivity contribution is -0.110. The van der Waals surface area contributed by atoms with Crippen LogP contribution in [0.15, 0.2) is 53.8 Å². The molecule has 0 aliphatic carbocycles. The summed E-state index contributed by atoms with van der Waals surface area (Å²) in [5.41, 5.74) is 7.94. The smallest absolute Gasteiger partial charge is 0.276 e. The third-order valence-corrected chi connectivity index (χ3v) is 7.76. The molecule has 1 amide bonds. The maximum Gasteiger partial charge on any atom is 0.276 e. The standard InChI is InChI=1S/C28H31F2N7O3/c1-16-13-35(14-21(16)31)26-18-12-32-36(17-4-3-11-40-15-17)24(18)9-7-22(26)33-28(39)23-8-10-25(38)37(34-23)27-19(29)5-2-6-20(27)30/h2,5-10,12,16-17,21,25,38H,3-4,11,13-15,31H2,1H3,(H,33,39)/t16-,17+,21+,25?/m1/s1. The molecule has 4 heterocycles. The number of anilines is 3. The number of carbonyl (C=O) groups excluding carboxylic acids is 1. The van der Waals surface area contributed by atoms with E-state index in [9.17, 15) is 18.7 Å². The number of aliphatic hydroxyl groups is 1. The zero-order valence-corrected chi connectivity index (χ0v) is 22.0. The van der Waals surface area contributed by atoms with Crippen LogP contribution in [0.4, 0.5) is 25.8 Å². The summed E-state index contributed by atoms with van der Waals surface area (Å²) in [4.78, 5) is 15.6. The zero-order valence-electron chi connectivity index (χ0n) is 22.0. The second kappa shape index (κ2) is 10.6. The van der Waals surface area contributed by atoms with Gasteiger partial charge in [-0.1, -0.05) is 13.0 Å². The quantitative estimate of drug-likeness (QED) is 0.446. The number of halogens is 2. The number of aromatic nitrogens is 2. The van der Waals surface area contributed by atoms with Gasteiger partial charge in [-0.15, -0.1) is 0 Å². The molecule has 2 aromatic carbocycles. The molecule has 10 nitrogen and oxygen atoms in total. The monoisotopic (exact) mass is 551 g/mol. The Hall–Kier alpha value is -3.87. The lowest BCUT2D eigenvalue weighted by Crippen LogP contribution is -2.37. The summed E-state index contributed by atoms with van der Waals surface area (Å²) in [7, 11) is 0. The van der Waals surface area contributed by atoms with Crippen molar-refractivity contribution >= 4 is 39.6 Å². The molecule has 3 aliphatic heterocycles. The first-order chi connectivity index (χ1) is 19.3. The fourth-order valence-electron chi connectivity index (χ4n) is 5.60. The van der Waals surface area contributed by atoms with Crippen LogP contribution in [0.1, 0.15) is 25.8 Å². The predicted molar refractivity (Wildman–Crippen MR) is 148 cm³/mol. The second-order valence-corrected chi connectivity index (χ2v) is 10.5. The first kappa shape index (κ1) is 26.4. The average molecular weight is 552 g/mol. The van der Waals surface area contributed by atoms with Gasteiger partial charge in [0.25, 0.3) is 5.91 Å². The minimum atomic E-state index is -1.45. The maximum absolute atomic E-state index is 14.4. The molecule has 40 heavy (non-hydrogen) atoms. The van der Waals surface area contributed by atoms with Crippen LogP contribution in [-0.2, 0) is 9.53 Å². The molecule has 0 radical (unpaired) electrons. The van der Waals surface area contributed by atoms with Crippen molar-refractivity contribution in [1.29, 1.82) is 0 Å². The van der Waals surface area contributed by atoms with Gasteiger partial charge in [0.1, 0.15) is 11.4 Å². The number of amides is 1. The van der Waals surface area contributed by atoms with Crippen LogP contribution in [0.3, 0.4) is 0 Å². The molecule has 4 N–H and O–H groups in total. The van der Waals surface area contributed by atoms with Crippen molar-refractivity contribution in [2.75, 3.05) is 41.5 Å². The summed E-state index contributed by atoms with van der Waals surface area (Å²) < 4.78 is 36.5. The summed E-state index contributed by atoms with van der Waals surface area (Å²) in [6.45, 7) is 4.74. The minimum absolute atomic E-state index is 0.0306. The van der Waals surface area contributed by atoms with Crippen LogP contribution >= 0.6 is 0 Å². The molecule has 12 heteroatoms. The molecule has 0 saturated carbocycles. The number of nitrogens with zero attached hydrogens (tertiary/aromatic N) is 5. The molecule has 0 spiro atoms. The van der Waals surface area contributed by atoms with E-state index in [2.05, 4.69) is 22.2 Å². The van der Waals surface area contributed by atoms with Crippen molar-refractivity contribution in [2.24, 2.45) is 16.8 Å². The summed E-state index contributed by atoms with van der Waals surface area (Å²) in [6, 6.07) is 7.16. The molecule has 1 aromatic heterocycles. The number of hydrogen-bond donors (Lipinski definition) is 3. The Morgan fingerprint density at radius 3 is 2.67 bits per heavy atom. The fraction of sp³-hybridized carbons (Fsp3) is 0.393. The number of para-hydroxylation sites is 1. The van der Waals surface area contributed by atoms with E-state index < -0.39 is 29.5 Å². The van der Waals surface area contributed by atoms with Gasteiger partial charge in [-0.05, 0) is 55.2 Å². The van der Waals surface area contributed by atoms with Gasteiger partial charge in [0.15, 0.2) is 17.9 Å². The lowest BCUT2D eigenvalue weighted by atomic mass is 10.1. The molecule has 4 atom stereocenters. The number of carbonyl (C=O) groups is 1. The summed E-state index contributed by atoms with van der Waals surface area (Å²) >= 11 is 0. The number of nitrogens with one attached hydrogen (secondary N) is 1. The van der Waals surface area contributed by atoms with Crippen LogP contribution in [-0.4, -0.2) is 65.1 Å². The molecule has 2 fully saturated rings. The van der Waals surface area contributed by atoms with Crippen molar-refractivity contribution in [3.63, 3.8) is 0 Å². The van der Waals surface area contributed by atoms with Gasteiger partial charge in [0, 0.05) is 31.1 Å². The highest BCUT2D eigenvalue weighted by Crippen LogP contribution is 2.39. The van der Waals surface area contributed by atoms with Gasteiger partial charge < -0.3 is 25.8 Å². The Morgan fingerprint density at radius 1 is 1.18 bits per heavy atom. The molecular weight excluding hydrogens is 520 g/mol. The summed E-state index contributed by atoms with van der Waals surface area (Å²) in [6.07, 6.45) is 4.85. The van der Waals surface area contributed by atoms with Gasteiger partial charge in [0.05, 0.1) is 35.7 Å². The first-order valence-corrected chi connectivity index (χ1v) is 13.4. The van der Waals surface area contributed by atoms with E-state index >= 15 is 0 Å². The van der Waals surface area contributed by atoms with Crippen LogP contribution in [0.2, 0.25) is 0 Å². The van der Waals surface area contributed by atoms with Crippen LogP contribution in [0, 0.1) is 17.6 Å². The van der Waals surface area contributed by atoms with E-state index in [0.717, 1.165) is 53.2 Å². The molecular formula is C28H31F2N7O3. The topological polar surface area (TPSA) is 121 Å². The van der Waals surface area contributed by atoms with Gasteiger partial charge in [-0.2, -0.15) is 10.2 Å². The Balaban J connectivity index is 1.36. The highest BCUT2D eigenvalue weighted by Gasteiger charge is 2.32. The SMILES string of the molecule is C[C@@H]1CN(c2c(NC(=O)C3=NN(c4c(F)cccc4F)C(O)C=C3)ccc3c2cnn3[C@H]2CCCOC2)C[C@@H]1N. The third-order valence-electron chi connectivity index (χ3n) is 7.76. The molecule has 1 unspecified atom stereocenters. The van der Waals surface area contributed by atoms with Gasteiger partial charge in [-0.25, -0.2) is 13.8 Å². The second-order valence-electron chi connectivity index (χ2n) is 10.5. The van der Waals surface area contributed by atoms with E-state index in [1.165, 1.54) is 18.2 Å². The Bertz CT molecular complexity index is 1470. The number of fused-ring (bicyclic) bond motifs is 1. The van der Waals surface area contributed by atoms with Crippen LogP contribution < -0.4 is 21.0 Å². The van der Waals surface area contributed by atoms with Crippen molar-refractivity contribution in [3.8, 4) is 0 Å². The summed E-state index contributed by atoms with van der Waals surface area (Å²) in [5.74, 6) is -2.18. The fourth-order valence-corrected chi connectivity index (χ4v) is 5.60. The number of benzene rings is 2. The summed E-state index contributed by atoms with van der Waals surface area (Å²) in [5, 5.41) is 23.7. The number of nitrogens with two attached hydrogens (primary N) is 1. The van der Waals surface area contributed by atoms with Crippen molar-refractivity contribution in [3.05, 3.63) is 60.3 Å². The number of hydrogen-bond acceptors (Lipinski definition) is 8. The number of rotatable bonds is 5. The first-order valence-electron chi connectivity index (χ1n) is 13.4.